The number of thioether (sulfide) groups is 2. The summed E-state index contributed by atoms with van der Waals surface area (Å²) in [6.07, 6.45) is 0. The van der Waals surface area contributed by atoms with Crippen LogP contribution in [0.25, 0.3) is 5.78 Å². The fraction of sp³-hybridized carbons (Fsp3) is 0.185. The maximum Gasteiger partial charge on any atom is 0.375 e. The van der Waals surface area contributed by atoms with Crippen LogP contribution in [0.4, 0.5) is 5.13 Å². The van der Waals surface area contributed by atoms with Gasteiger partial charge in [-0.3, -0.25) is 14.5 Å². The van der Waals surface area contributed by atoms with Crippen LogP contribution >= 0.6 is 34.9 Å². The van der Waals surface area contributed by atoms with Gasteiger partial charge in [0.15, 0.2) is 10.8 Å². The van der Waals surface area contributed by atoms with Gasteiger partial charge in [0.25, 0.3) is 23.4 Å². The molecule has 2 atom stereocenters. The molecule has 5 heterocycles. The number of amides is 2. The minimum atomic E-state index is -1.33. The van der Waals surface area contributed by atoms with Crippen LogP contribution in [0.1, 0.15) is 32.4 Å². The maximum absolute atomic E-state index is 13.4. The fourth-order valence-corrected chi connectivity index (χ4v) is 7.71. The molecule has 2 unspecified atom stereocenters. The van der Waals surface area contributed by atoms with Gasteiger partial charge in [-0.2, -0.15) is 9.50 Å². The lowest BCUT2D eigenvalue weighted by molar-refractivity contribution is -0.150. The molecule has 3 aromatic heterocycles. The molecule has 1 aromatic carbocycles. The van der Waals surface area contributed by atoms with Gasteiger partial charge < -0.3 is 26.1 Å². The average Bonchev–Trinajstić information content (AvgIpc) is 3.68. The molecule has 17 nitrogen and oxygen atoms in total. The van der Waals surface area contributed by atoms with Crippen LogP contribution in [-0.4, -0.2) is 98.0 Å². The molecule has 20 heteroatoms. The van der Waals surface area contributed by atoms with Crippen LogP contribution < -0.4 is 11.1 Å². The number of nitrogens with one attached hydrogen (secondary N) is 1. The molecule has 5 N–H and O–H groups in total. The lowest BCUT2D eigenvalue weighted by Crippen LogP contribution is -2.71. The van der Waals surface area contributed by atoms with Crippen LogP contribution in [0.2, 0.25) is 0 Å². The number of benzene rings is 1. The molecule has 0 aliphatic carbocycles. The van der Waals surface area contributed by atoms with Gasteiger partial charge in [0, 0.05) is 22.6 Å². The molecule has 4 aromatic rings. The highest BCUT2D eigenvalue weighted by molar-refractivity contribution is 8.01. The van der Waals surface area contributed by atoms with E-state index in [0.717, 1.165) is 16.2 Å². The number of β-lactam (4-membered cyclic amide) rings is 1. The summed E-state index contributed by atoms with van der Waals surface area (Å²) in [5, 5.41) is 30.9. The number of nitrogens with zero attached hydrogens (tertiary/aromatic N) is 7. The lowest BCUT2D eigenvalue weighted by Gasteiger charge is -2.49. The number of aryl methyl sites for hydroxylation is 1. The second-order valence-electron chi connectivity index (χ2n) is 9.85. The third-order valence-electron chi connectivity index (χ3n) is 6.74. The summed E-state index contributed by atoms with van der Waals surface area (Å²) >= 11 is 3.45. The maximum atomic E-state index is 13.4. The molecule has 2 aliphatic heterocycles. The summed E-state index contributed by atoms with van der Waals surface area (Å²) in [6.45, 7) is 1.70. The number of fused-ring (bicyclic) bond motifs is 2. The second-order valence-corrected chi connectivity index (χ2v) is 12.8. The number of carboxylic acids is 2. The zero-order chi connectivity index (χ0) is 33.4. The van der Waals surface area contributed by atoms with E-state index >= 15 is 0 Å². The summed E-state index contributed by atoms with van der Waals surface area (Å²) < 4.78 is 1.26. The number of aliphatic carboxylic acids is 1. The number of nitrogen functional groups attached to an aromatic ring is 1. The van der Waals surface area contributed by atoms with E-state index in [2.05, 4.69) is 30.5 Å². The quantitative estimate of drug-likeness (QED) is 0.0456. The molecular weight excluding hydrogens is 675 g/mol. The average molecular weight is 696 g/mol. The normalized spacial score (nSPS) is 17.7. The first-order chi connectivity index (χ1) is 22.5. The van der Waals surface area contributed by atoms with Crippen molar-refractivity contribution >= 4 is 81.2 Å². The first-order valence-corrected chi connectivity index (χ1v) is 16.3. The van der Waals surface area contributed by atoms with Crippen LogP contribution in [0, 0.1) is 6.92 Å². The molecule has 2 aliphatic rings. The highest BCUT2D eigenvalue weighted by Crippen LogP contribution is 2.41. The Hall–Kier alpha value is -5.34. The Morgan fingerprint density at radius 2 is 1.91 bits per heavy atom. The van der Waals surface area contributed by atoms with Crippen molar-refractivity contribution in [2.75, 3.05) is 17.2 Å². The van der Waals surface area contributed by atoms with Crippen molar-refractivity contribution in [1.82, 2.24) is 34.8 Å². The Morgan fingerprint density at radius 1 is 1.15 bits per heavy atom. The standard InChI is InChI=1S/C27H21N9O8S3/c1-11-7-15(36-27(29-11)32-19(33-36)24(41)42)45-8-13-9-46-22-17(21(38)35(22)18(13)23(39)40)31-20(37)16(14-10-47-26(28)30-14)34-44-25(43)12-5-3-2-4-6-12/h2-7,10,17,22H,8-9H2,1H3,(H2,28,30)(H,31,37)(H,39,40)(H,41,42). The van der Waals surface area contributed by atoms with Crippen LogP contribution in [-0.2, 0) is 19.2 Å². The van der Waals surface area contributed by atoms with E-state index in [-0.39, 0.29) is 39.4 Å². The minimum Gasteiger partial charge on any atom is -0.477 e. The van der Waals surface area contributed by atoms with Gasteiger partial charge in [-0.05, 0) is 30.7 Å². The highest BCUT2D eigenvalue weighted by Gasteiger charge is 2.54. The number of carbonyl (C=O) groups excluding carboxylic acids is 3. The van der Waals surface area contributed by atoms with E-state index < -0.39 is 52.7 Å². The summed E-state index contributed by atoms with van der Waals surface area (Å²) in [7, 11) is 0. The summed E-state index contributed by atoms with van der Waals surface area (Å²) in [5.41, 5.74) is 6.28. The molecule has 0 saturated carbocycles. The monoisotopic (exact) mass is 695 g/mol. The second kappa shape index (κ2) is 12.8. The van der Waals surface area contributed by atoms with Crippen molar-refractivity contribution in [1.29, 1.82) is 0 Å². The molecular formula is C27H21N9O8S3. The van der Waals surface area contributed by atoms with Crippen LogP contribution in [0.3, 0.4) is 0 Å². The number of hydrogen-bond acceptors (Lipinski definition) is 15. The SMILES string of the molecule is Cc1cc(SCC2=C(C(=O)O)N3C(=O)C(NC(=O)C(=NOC(=O)c4ccccc4)c4csc(N)n4)C3SC2)n2nc(C(=O)O)nc2n1. The Morgan fingerprint density at radius 3 is 2.60 bits per heavy atom. The van der Waals surface area contributed by atoms with E-state index in [1.54, 1.807) is 31.2 Å². The highest BCUT2D eigenvalue weighted by atomic mass is 32.2. The molecule has 1 saturated heterocycles. The summed E-state index contributed by atoms with van der Waals surface area (Å²) in [4.78, 5) is 81.1. The molecule has 0 spiro atoms. The van der Waals surface area contributed by atoms with Crippen LogP contribution in [0.15, 0.2) is 63.2 Å². The molecule has 1 fully saturated rings. The van der Waals surface area contributed by atoms with Crippen molar-refractivity contribution in [3.63, 3.8) is 0 Å². The third-order valence-corrected chi connectivity index (χ3v) is 9.83. The van der Waals surface area contributed by atoms with E-state index in [1.807, 2.05) is 0 Å². The van der Waals surface area contributed by atoms with E-state index in [1.165, 1.54) is 45.6 Å². The number of carbonyl (C=O) groups is 5. The first-order valence-electron chi connectivity index (χ1n) is 13.4. The van der Waals surface area contributed by atoms with Gasteiger partial charge in [0.05, 0.1) is 5.56 Å². The number of aromatic nitrogens is 5. The first kappa shape index (κ1) is 31.6. The number of oxime groups is 1. The number of rotatable bonds is 10. The van der Waals surface area contributed by atoms with Crippen LogP contribution in [0.5, 0.6) is 0 Å². The van der Waals surface area contributed by atoms with Crippen molar-refractivity contribution < 1.29 is 39.0 Å². The Balaban J connectivity index is 1.19. The number of aromatic carboxylic acids is 1. The predicted molar refractivity (Wildman–Crippen MR) is 168 cm³/mol. The molecule has 240 valence electrons. The molecule has 6 rings (SSSR count). The largest absolute Gasteiger partial charge is 0.477 e. The summed E-state index contributed by atoms with van der Waals surface area (Å²) in [6, 6.07) is 8.51. The van der Waals surface area contributed by atoms with E-state index in [0.29, 0.717) is 16.3 Å². The van der Waals surface area contributed by atoms with Crippen molar-refractivity contribution in [3.05, 3.63) is 75.8 Å². The zero-order valence-electron chi connectivity index (χ0n) is 23.9. The number of thiazole rings is 1. The van der Waals surface area contributed by atoms with Gasteiger partial charge in [-0.1, -0.05) is 23.4 Å². The van der Waals surface area contributed by atoms with E-state index in [9.17, 15) is 34.2 Å². The molecule has 0 radical (unpaired) electrons. The van der Waals surface area contributed by atoms with E-state index in [4.69, 9.17) is 10.6 Å². The minimum absolute atomic E-state index is 0.0135. The van der Waals surface area contributed by atoms with Crippen molar-refractivity contribution in [2.24, 2.45) is 5.16 Å². The topological polar surface area (TPSA) is 245 Å². The lowest BCUT2D eigenvalue weighted by atomic mass is 10.0. The number of anilines is 1. The number of nitrogens with two attached hydrogens (primary N) is 1. The van der Waals surface area contributed by atoms with Crippen molar-refractivity contribution in [2.45, 2.75) is 23.4 Å². The van der Waals surface area contributed by atoms with Gasteiger partial charge >= 0.3 is 17.9 Å². The van der Waals surface area contributed by atoms with Gasteiger partial charge in [-0.25, -0.2) is 24.4 Å². The van der Waals surface area contributed by atoms with Gasteiger partial charge in [-0.15, -0.1) is 40.0 Å². The molecule has 0 bridgehead atoms. The fourth-order valence-electron chi connectivity index (χ4n) is 4.63. The third kappa shape index (κ3) is 6.24. The Labute approximate surface area is 275 Å². The Kier molecular flexibility index (Phi) is 8.62. The van der Waals surface area contributed by atoms with Crippen molar-refractivity contribution in [3.8, 4) is 0 Å². The molecule has 47 heavy (non-hydrogen) atoms. The number of carboxylic acid groups (broad SMARTS) is 2. The Bertz CT molecular complexity index is 2030. The van der Waals surface area contributed by atoms with Gasteiger partial charge in [0.1, 0.15) is 27.8 Å². The predicted octanol–water partition coefficient (Wildman–Crippen LogP) is 1.26. The molecule has 2 amide bonds. The zero-order valence-corrected chi connectivity index (χ0v) is 26.3. The van der Waals surface area contributed by atoms with Gasteiger partial charge in [0.2, 0.25) is 0 Å². The smallest absolute Gasteiger partial charge is 0.375 e. The number of hydrogen-bond donors (Lipinski definition) is 4. The summed E-state index contributed by atoms with van der Waals surface area (Å²) in [5.74, 6) is -5.08.